The van der Waals surface area contributed by atoms with Crippen molar-refractivity contribution >= 4 is 34.6 Å². The second-order valence-corrected chi connectivity index (χ2v) is 9.21. The Kier molecular flexibility index (Phi) is 7.50. The van der Waals surface area contributed by atoms with Crippen molar-refractivity contribution in [3.63, 3.8) is 0 Å². The highest BCUT2D eigenvalue weighted by Crippen LogP contribution is 2.40. The van der Waals surface area contributed by atoms with Crippen LogP contribution in [0.15, 0.2) is 89.5 Å². The van der Waals surface area contributed by atoms with Crippen molar-refractivity contribution in [1.82, 2.24) is 15.2 Å². The van der Waals surface area contributed by atoms with Gasteiger partial charge in [0, 0.05) is 36.9 Å². The third-order valence-electron chi connectivity index (χ3n) is 6.42. The number of hydrogen-bond acceptors (Lipinski definition) is 7. The highest BCUT2D eigenvalue weighted by Gasteiger charge is 2.41. The predicted octanol–water partition coefficient (Wildman–Crippen LogP) is 5.26. The SMILES string of the molecule is COc1ccccc1NC(=O)CCN1C(=S)NC(c2ccccn2)C1c1ccc(-c2cccc([N+](=O)[O-])c2)o1. The van der Waals surface area contributed by atoms with Crippen LogP contribution in [0, 0.1) is 10.1 Å². The Morgan fingerprint density at radius 3 is 2.74 bits per heavy atom. The number of ether oxygens (including phenoxy) is 1. The number of benzene rings is 2. The van der Waals surface area contributed by atoms with Crippen molar-refractivity contribution in [2.24, 2.45) is 0 Å². The molecule has 10 nitrogen and oxygen atoms in total. The standard InChI is InChI=1S/C28H25N5O5S/c1-37-23-11-3-2-9-20(23)30-25(34)14-16-32-27(26(31-28(32)39)21-10-4-5-15-29-21)24-13-12-22(38-24)18-7-6-8-19(17-18)33(35)36/h2-13,15,17,26-27H,14,16H2,1H3,(H,30,34)(H,31,39). The molecule has 1 amide bonds. The molecule has 0 aliphatic carbocycles. The van der Waals surface area contributed by atoms with Gasteiger partial charge in [0.1, 0.15) is 23.3 Å². The molecule has 0 saturated carbocycles. The minimum absolute atomic E-state index is 0.0248. The van der Waals surface area contributed by atoms with E-state index in [-0.39, 0.29) is 24.1 Å². The minimum Gasteiger partial charge on any atom is -0.495 e. The Hall–Kier alpha value is -4.77. The van der Waals surface area contributed by atoms with E-state index in [1.165, 1.54) is 12.1 Å². The Balaban J connectivity index is 1.41. The molecule has 1 fully saturated rings. The van der Waals surface area contributed by atoms with Gasteiger partial charge in [-0.25, -0.2) is 0 Å². The molecular weight excluding hydrogens is 518 g/mol. The number of hydrogen-bond donors (Lipinski definition) is 2. The molecule has 0 radical (unpaired) electrons. The van der Waals surface area contributed by atoms with E-state index in [4.69, 9.17) is 21.4 Å². The van der Waals surface area contributed by atoms with Gasteiger partial charge in [0.2, 0.25) is 5.91 Å². The zero-order chi connectivity index (χ0) is 27.4. The molecule has 2 atom stereocenters. The lowest BCUT2D eigenvalue weighted by Gasteiger charge is -2.26. The molecule has 198 valence electrons. The number of anilines is 1. The number of nitrogens with zero attached hydrogens (tertiary/aromatic N) is 3. The van der Waals surface area contributed by atoms with E-state index in [0.717, 1.165) is 5.69 Å². The number of amides is 1. The first-order valence-electron chi connectivity index (χ1n) is 12.2. The summed E-state index contributed by atoms with van der Waals surface area (Å²) in [6.45, 7) is 0.313. The summed E-state index contributed by atoms with van der Waals surface area (Å²) < 4.78 is 11.6. The lowest BCUT2D eigenvalue weighted by atomic mass is 10.0. The fourth-order valence-electron chi connectivity index (χ4n) is 4.58. The molecule has 5 rings (SSSR count). The van der Waals surface area contributed by atoms with Gasteiger partial charge in [-0.15, -0.1) is 0 Å². The number of non-ortho nitro benzene ring substituents is 1. The van der Waals surface area contributed by atoms with Gasteiger partial charge in [-0.1, -0.05) is 30.3 Å². The molecular formula is C28H25N5O5S. The molecule has 11 heteroatoms. The minimum atomic E-state index is -0.443. The third kappa shape index (κ3) is 5.58. The number of nitrogens with one attached hydrogen (secondary N) is 2. The lowest BCUT2D eigenvalue weighted by molar-refractivity contribution is -0.384. The number of carbonyl (C=O) groups is 1. The molecule has 0 bridgehead atoms. The molecule has 1 aliphatic heterocycles. The van der Waals surface area contributed by atoms with Gasteiger partial charge in [0.15, 0.2) is 5.11 Å². The largest absolute Gasteiger partial charge is 0.495 e. The quantitative estimate of drug-likeness (QED) is 0.165. The maximum Gasteiger partial charge on any atom is 0.270 e. The van der Waals surface area contributed by atoms with Gasteiger partial charge in [-0.05, 0) is 48.6 Å². The molecule has 2 N–H and O–H groups in total. The van der Waals surface area contributed by atoms with Crippen LogP contribution in [0.1, 0.15) is 30.0 Å². The van der Waals surface area contributed by atoms with E-state index in [1.54, 1.807) is 43.6 Å². The van der Waals surface area contributed by atoms with Gasteiger partial charge < -0.3 is 24.7 Å². The van der Waals surface area contributed by atoms with Crippen LogP contribution in [0.25, 0.3) is 11.3 Å². The fourth-order valence-corrected chi connectivity index (χ4v) is 4.91. The number of furan rings is 1. The van der Waals surface area contributed by atoms with Crippen molar-refractivity contribution in [2.75, 3.05) is 19.0 Å². The molecule has 0 spiro atoms. The first-order valence-corrected chi connectivity index (χ1v) is 12.6. The van der Waals surface area contributed by atoms with Crippen molar-refractivity contribution in [1.29, 1.82) is 0 Å². The van der Waals surface area contributed by atoms with Crippen molar-refractivity contribution < 1.29 is 18.9 Å². The summed E-state index contributed by atoms with van der Waals surface area (Å²) in [5, 5.41) is 17.9. The van der Waals surface area contributed by atoms with Crippen molar-refractivity contribution in [2.45, 2.75) is 18.5 Å². The van der Waals surface area contributed by atoms with Crippen LogP contribution in [0.4, 0.5) is 11.4 Å². The number of nitro groups is 1. The second kappa shape index (κ2) is 11.3. The van der Waals surface area contributed by atoms with E-state index in [2.05, 4.69) is 15.6 Å². The fraction of sp³-hybridized carbons (Fsp3) is 0.179. The van der Waals surface area contributed by atoms with Crippen LogP contribution >= 0.6 is 12.2 Å². The Bertz CT molecular complexity index is 1510. The zero-order valence-corrected chi connectivity index (χ0v) is 21.8. The number of rotatable bonds is 9. The van der Waals surface area contributed by atoms with Gasteiger partial charge in [0.05, 0.1) is 29.5 Å². The van der Waals surface area contributed by atoms with E-state index in [1.807, 2.05) is 41.3 Å². The summed E-state index contributed by atoms with van der Waals surface area (Å²) in [4.78, 5) is 30.1. The molecule has 1 aliphatic rings. The molecule has 2 unspecified atom stereocenters. The Labute approximate surface area is 229 Å². The summed E-state index contributed by atoms with van der Waals surface area (Å²) in [5.74, 6) is 1.45. The van der Waals surface area contributed by atoms with Crippen LogP contribution in [0.5, 0.6) is 5.75 Å². The van der Waals surface area contributed by atoms with Crippen LogP contribution in [-0.4, -0.2) is 39.5 Å². The normalized spacial score (nSPS) is 16.5. The molecule has 4 aromatic rings. The van der Waals surface area contributed by atoms with E-state index < -0.39 is 11.0 Å². The Morgan fingerprint density at radius 1 is 1.15 bits per heavy atom. The van der Waals surface area contributed by atoms with E-state index in [9.17, 15) is 14.9 Å². The number of carbonyl (C=O) groups excluding carboxylic acids is 1. The van der Waals surface area contributed by atoms with E-state index >= 15 is 0 Å². The number of para-hydroxylation sites is 2. The monoisotopic (exact) mass is 543 g/mol. The second-order valence-electron chi connectivity index (χ2n) is 8.83. The van der Waals surface area contributed by atoms with Gasteiger partial charge in [-0.3, -0.25) is 19.9 Å². The number of pyridine rings is 1. The first kappa shape index (κ1) is 25.9. The number of thiocarbonyl (C=S) groups is 1. The Morgan fingerprint density at radius 2 is 1.97 bits per heavy atom. The predicted molar refractivity (Wildman–Crippen MR) is 149 cm³/mol. The average Bonchev–Trinajstić information content (AvgIpc) is 3.57. The van der Waals surface area contributed by atoms with E-state index in [0.29, 0.717) is 40.2 Å². The summed E-state index contributed by atoms with van der Waals surface area (Å²) in [6, 6.07) is 22.0. The van der Waals surface area contributed by atoms with Crippen LogP contribution in [-0.2, 0) is 4.79 Å². The first-order chi connectivity index (χ1) is 18.9. The molecule has 39 heavy (non-hydrogen) atoms. The molecule has 2 aromatic carbocycles. The van der Waals surface area contributed by atoms with Crippen molar-refractivity contribution in [3.8, 4) is 17.1 Å². The van der Waals surface area contributed by atoms with Crippen LogP contribution in [0.2, 0.25) is 0 Å². The smallest absolute Gasteiger partial charge is 0.270 e. The van der Waals surface area contributed by atoms with Crippen LogP contribution in [0.3, 0.4) is 0 Å². The highest BCUT2D eigenvalue weighted by atomic mass is 32.1. The molecule has 1 saturated heterocycles. The number of aromatic nitrogens is 1. The highest BCUT2D eigenvalue weighted by molar-refractivity contribution is 7.80. The topological polar surface area (TPSA) is 123 Å². The zero-order valence-electron chi connectivity index (χ0n) is 20.9. The maximum absolute atomic E-state index is 12.9. The van der Waals surface area contributed by atoms with Crippen LogP contribution < -0.4 is 15.4 Å². The number of methoxy groups -OCH3 is 1. The van der Waals surface area contributed by atoms with Gasteiger partial charge >= 0.3 is 0 Å². The molecule has 3 heterocycles. The van der Waals surface area contributed by atoms with Gasteiger partial charge in [0.25, 0.3) is 5.69 Å². The summed E-state index contributed by atoms with van der Waals surface area (Å²) in [5.41, 5.74) is 1.91. The summed E-state index contributed by atoms with van der Waals surface area (Å²) in [6.07, 6.45) is 1.86. The maximum atomic E-state index is 12.9. The molecule has 2 aromatic heterocycles. The number of nitro benzene ring substituents is 1. The summed E-state index contributed by atoms with van der Waals surface area (Å²) in [7, 11) is 1.55. The average molecular weight is 544 g/mol. The van der Waals surface area contributed by atoms with Gasteiger partial charge in [-0.2, -0.15) is 0 Å². The lowest BCUT2D eigenvalue weighted by Crippen LogP contribution is -2.32. The van der Waals surface area contributed by atoms with Crippen molar-refractivity contribution in [3.05, 3.63) is 107 Å². The third-order valence-corrected chi connectivity index (χ3v) is 6.77. The summed E-state index contributed by atoms with van der Waals surface area (Å²) >= 11 is 5.68.